The summed E-state index contributed by atoms with van der Waals surface area (Å²) >= 11 is 6.00. The minimum Gasteiger partial charge on any atom is -0.495 e. The van der Waals surface area contributed by atoms with E-state index in [-0.39, 0.29) is 5.69 Å². The first-order valence-electron chi connectivity index (χ1n) is 7.20. The third-order valence-corrected chi connectivity index (χ3v) is 3.52. The van der Waals surface area contributed by atoms with E-state index in [1.54, 1.807) is 31.4 Å². The maximum Gasteiger partial charge on any atom is 0.149 e. The normalized spacial score (nSPS) is 10.4. The van der Waals surface area contributed by atoms with E-state index in [0.717, 1.165) is 12.1 Å². The number of nitrogens with one attached hydrogen (secondary N) is 2. The van der Waals surface area contributed by atoms with Crippen LogP contribution in [-0.2, 0) is 0 Å². The smallest absolute Gasteiger partial charge is 0.149 e. The number of aromatic nitrogens is 2. The molecule has 0 saturated carbocycles. The van der Waals surface area contributed by atoms with Gasteiger partial charge >= 0.3 is 0 Å². The Hall–Kier alpha value is -2.93. The van der Waals surface area contributed by atoms with E-state index < -0.39 is 11.6 Å². The minimum atomic E-state index is -0.718. The average Bonchev–Trinajstić information content (AvgIpc) is 2.58. The lowest BCUT2D eigenvalue weighted by Crippen LogP contribution is -2.01. The van der Waals surface area contributed by atoms with E-state index in [1.807, 2.05) is 0 Å². The first-order chi connectivity index (χ1) is 12.0. The fourth-order valence-electron chi connectivity index (χ4n) is 2.14. The highest BCUT2D eigenvalue weighted by Gasteiger charge is 2.08. The Morgan fingerprint density at radius 2 is 1.64 bits per heavy atom. The third kappa shape index (κ3) is 4.13. The molecule has 0 aliphatic heterocycles. The Labute approximate surface area is 147 Å². The largest absolute Gasteiger partial charge is 0.495 e. The fourth-order valence-corrected chi connectivity index (χ4v) is 2.31. The number of rotatable bonds is 5. The van der Waals surface area contributed by atoms with Crippen molar-refractivity contribution < 1.29 is 13.5 Å². The molecule has 0 aliphatic rings. The van der Waals surface area contributed by atoms with Crippen LogP contribution in [-0.4, -0.2) is 17.1 Å². The number of halogens is 3. The van der Waals surface area contributed by atoms with Crippen LogP contribution in [0.1, 0.15) is 0 Å². The summed E-state index contributed by atoms with van der Waals surface area (Å²) in [5.74, 6) is -0.00235. The Morgan fingerprint density at radius 3 is 2.32 bits per heavy atom. The van der Waals surface area contributed by atoms with Gasteiger partial charge in [-0.1, -0.05) is 11.6 Å². The summed E-state index contributed by atoms with van der Waals surface area (Å²) in [5, 5.41) is 6.37. The minimum absolute atomic E-state index is 0.103. The lowest BCUT2D eigenvalue weighted by atomic mass is 10.3. The molecule has 0 unspecified atom stereocenters. The number of benzene rings is 2. The first kappa shape index (κ1) is 16.9. The molecule has 0 fully saturated rings. The van der Waals surface area contributed by atoms with Crippen LogP contribution in [0.25, 0.3) is 0 Å². The molecule has 3 aromatic rings. The molecule has 0 bridgehead atoms. The quantitative estimate of drug-likeness (QED) is 0.675. The van der Waals surface area contributed by atoms with E-state index in [1.165, 1.54) is 12.4 Å². The molecule has 2 N–H and O–H groups in total. The highest BCUT2D eigenvalue weighted by Crippen LogP contribution is 2.30. The van der Waals surface area contributed by atoms with Crippen LogP contribution in [0.2, 0.25) is 5.02 Å². The Kier molecular flexibility index (Phi) is 4.95. The summed E-state index contributed by atoms with van der Waals surface area (Å²) in [5.41, 5.74) is 0.721. The lowest BCUT2D eigenvalue weighted by molar-refractivity contribution is 0.417. The molecule has 5 nitrogen and oxygen atoms in total. The van der Waals surface area contributed by atoms with Crippen LogP contribution < -0.4 is 15.4 Å². The zero-order chi connectivity index (χ0) is 17.8. The molecule has 0 radical (unpaired) electrons. The van der Waals surface area contributed by atoms with Crippen LogP contribution in [0.3, 0.4) is 0 Å². The van der Waals surface area contributed by atoms with Gasteiger partial charge in [0.15, 0.2) is 0 Å². The second kappa shape index (κ2) is 7.31. The second-order valence-corrected chi connectivity index (χ2v) is 5.44. The summed E-state index contributed by atoms with van der Waals surface area (Å²) < 4.78 is 32.0. The molecule has 0 aliphatic carbocycles. The number of hydrogen-bond donors (Lipinski definition) is 2. The highest BCUT2D eigenvalue weighted by molar-refractivity contribution is 6.31. The van der Waals surface area contributed by atoms with Crippen LogP contribution in [0.4, 0.5) is 31.8 Å². The molecule has 8 heteroatoms. The van der Waals surface area contributed by atoms with Gasteiger partial charge in [0, 0.05) is 17.2 Å². The molecule has 0 saturated heterocycles. The van der Waals surface area contributed by atoms with Crippen molar-refractivity contribution in [3.8, 4) is 5.75 Å². The van der Waals surface area contributed by atoms with Crippen LogP contribution >= 0.6 is 11.6 Å². The Morgan fingerprint density at radius 1 is 0.920 bits per heavy atom. The summed E-state index contributed by atoms with van der Waals surface area (Å²) in [7, 11) is 1.54. The fraction of sp³-hybridized carbons (Fsp3) is 0.0588. The number of nitrogens with zero attached hydrogens (tertiary/aromatic N) is 2. The Bertz CT molecular complexity index is 908. The van der Waals surface area contributed by atoms with Crippen molar-refractivity contribution in [1.29, 1.82) is 0 Å². The summed E-state index contributed by atoms with van der Waals surface area (Å²) in [6, 6.07) is 9.93. The number of ether oxygens (including phenoxy) is 1. The molecule has 1 heterocycles. The van der Waals surface area contributed by atoms with E-state index in [9.17, 15) is 8.78 Å². The van der Waals surface area contributed by atoms with Crippen molar-refractivity contribution in [2.24, 2.45) is 0 Å². The van der Waals surface area contributed by atoms with Gasteiger partial charge in [0.25, 0.3) is 0 Å². The number of methoxy groups -OCH3 is 1. The standard InChI is InChI=1S/C17H13ClF2N4O/c1-25-15-5-2-10(18)6-14(15)24-17-8-16(21-9-22-17)23-13-4-3-11(19)7-12(13)20/h2-9H,1H3,(H2,21,22,23,24). The lowest BCUT2D eigenvalue weighted by Gasteiger charge is -2.12. The van der Waals surface area contributed by atoms with Crippen molar-refractivity contribution in [3.05, 3.63) is 65.4 Å². The molecule has 25 heavy (non-hydrogen) atoms. The molecule has 128 valence electrons. The van der Waals surface area contributed by atoms with Gasteiger partial charge in [-0.25, -0.2) is 18.7 Å². The predicted molar refractivity (Wildman–Crippen MR) is 93.0 cm³/mol. The monoisotopic (exact) mass is 362 g/mol. The van der Waals surface area contributed by atoms with Crippen molar-refractivity contribution >= 4 is 34.6 Å². The van der Waals surface area contributed by atoms with Gasteiger partial charge in [-0.3, -0.25) is 0 Å². The van der Waals surface area contributed by atoms with Crippen LogP contribution in [0, 0.1) is 11.6 Å². The SMILES string of the molecule is COc1ccc(Cl)cc1Nc1cc(Nc2ccc(F)cc2F)ncn1. The molecule has 2 aromatic carbocycles. The molecule has 0 spiro atoms. The molecule has 3 rings (SSSR count). The van der Waals surface area contributed by atoms with Crippen LogP contribution in [0.15, 0.2) is 48.8 Å². The highest BCUT2D eigenvalue weighted by atomic mass is 35.5. The van der Waals surface area contributed by atoms with Gasteiger partial charge < -0.3 is 15.4 Å². The average molecular weight is 363 g/mol. The first-order valence-corrected chi connectivity index (χ1v) is 7.57. The van der Waals surface area contributed by atoms with Gasteiger partial charge in [0.1, 0.15) is 35.3 Å². The third-order valence-electron chi connectivity index (χ3n) is 3.29. The molecular weight excluding hydrogens is 350 g/mol. The molecule has 0 amide bonds. The zero-order valence-electron chi connectivity index (χ0n) is 13.1. The topological polar surface area (TPSA) is 59.1 Å². The number of hydrogen-bond acceptors (Lipinski definition) is 5. The van der Waals surface area contributed by atoms with E-state index in [0.29, 0.717) is 28.1 Å². The Balaban J connectivity index is 1.83. The van der Waals surface area contributed by atoms with E-state index in [2.05, 4.69) is 20.6 Å². The predicted octanol–water partition coefficient (Wildman–Crippen LogP) is 4.90. The van der Waals surface area contributed by atoms with Crippen LogP contribution in [0.5, 0.6) is 5.75 Å². The van der Waals surface area contributed by atoms with E-state index in [4.69, 9.17) is 16.3 Å². The summed E-state index contributed by atoms with van der Waals surface area (Å²) in [6.07, 6.45) is 1.31. The van der Waals surface area contributed by atoms with Gasteiger partial charge in [0.2, 0.25) is 0 Å². The van der Waals surface area contributed by atoms with Crippen molar-refractivity contribution in [3.63, 3.8) is 0 Å². The van der Waals surface area contributed by atoms with Crippen molar-refractivity contribution in [2.45, 2.75) is 0 Å². The maximum atomic E-state index is 13.7. The van der Waals surface area contributed by atoms with Gasteiger partial charge in [-0.15, -0.1) is 0 Å². The van der Waals surface area contributed by atoms with Crippen molar-refractivity contribution in [1.82, 2.24) is 9.97 Å². The molecule has 1 aromatic heterocycles. The molecular formula is C17H13ClF2N4O. The van der Waals surface area contributed by atoms with Crippen molar-refractivity contribution in [2.75, 3.05) is 17.7 Å². The van der Waals surface area contributed by atoms with Gasteiger partial charge in [0.05, 0.1) is 18.5 Å². The maximum absolute atomic E-state index is 13.7. The summed E-state index contributed by atoms with van der Waals surface area (Å²) in [6.45, 7) is 0. The number of anilines is 4. The zero-order valence-corrected chi connectivity index (χ0v) is 13.8. The second-order valence-electron chi connectivity index (χ2n) is 5.01. The van der Waals surface area contributed by atoms with E-state index >= 15 is 0 Å². The molecule has 0 atom stereocenters. The van der Waals surface area contributed by atoms with Gasteiger partial charge in [-0.2, -0.15) is 0 Å². The van der Waals surface area contributed by atoms with Gasteiger partial charge in [-0.05, 0) is 30.3 Å². The summed E-state index contributed by atoms with van der Waals surface area (Å²) in [4.78, 5) is 8.12.